The van der Waals surface area contributed by atoms with Gasteiger partial charge in [-0.15, -0.1) is 0 Å². The van der Waals surface area contributed by atoms with E-state index in [-0.39, 0.29) is 5.91 Å². The van der Waals surface area contributed by atoms with Gasteiger partial charge in [0.15, 0.2) is 0 Å². The maximum Gasteiger partial charge on any atom is 0.251 e. The molecule has 35 heavy (non-hydrogen) atoms. The van der Waals surface area contributed by atoms with Gasteiger partial charge in [-0.25, -0.2) is 0 Å². The van der Waals surface area contributed by atoms with Gasteiger partial charge in [-0.2, -0.15) is 0 Å². The van der Waals surface area contributed by atoms with Crippen LogP contribution in [-0.4, -0.2) is 35.7 Å². The first-order chi connectivity index (χ1) is 17.1. The van der Waals surface area contributed by atoms with Crippen LogP contribution in [0.15, 0.2) is 102 Å². The first-order valence-corrected chi connectivity index (χ1v) is 11.2. The molecule has 0 atom stereocenters. The van der Waals surface area contributed by atoms with E-state index in [4.69, 9.17) is 4.74 Å². The highest BCUT2D eigenvalue weighted by Crippen LogP contribution is 2.33. The zero-order valence-corrected chi connectivity index (χ0v) is 19.7. The molecular weight excluding hydrogens is 436 g/mol. The Morgan fingerprint density at radius 3 is 2.66 bits per heavy atom. The summed E-state index contributed by atoms with van der Waals surface area (Å²) in [5.41, 5.74) is 5.11. The lowest BCUT2D eigenvalue weighted by atomic mass is 10.0. The molecule has 6 heteroatoms. The van der Waals surface area contributed by atoms with Crippen LogP contribution in [0.1, 0.15) is 15.9 Å². The van der Waals surface area contributed by atoms with Crippen molar-refractivity contribution in [3.8, 4) is 22.6 Å². The normalized spacial score (nSPS) is 11.5. The van der Waals surface area contributed by atoms with Crippen LogP contribution >= 0.6 is 0 Å². The maximum absolute atomic E-state index is 12.9. The zero-order valence-electron chi connectivity index (χ0n) is 19.7. The second-order valence-electron chi connectivity index (χ2n) is 7.84. The van der Waals surface area contributed by atoms with Crippen LogP contribution in [0.2, 0.25) is 0 Å². The van der Waals surface area contributed by atoms with Crippen molar-refractivity contribution >= 4 is 23.0 Å². The van der Waals surface area contributed by atoms with Crippen LogP contribution in [0.25, 0.3) is 22.0 Å². The molecule has 0 saturated heterocycles. The number of rotatable bonds is 8. The molecule has 2 aromatic heterocycles. The maximum atomic E-state index is 12.9. The number of nitrogens with zero attached hydrogens (tertiary/aromatic N) is 3. The standard InChI is InChI=1S/C29H26N4O2/c1-4-21(10-14-30-3)19-33-29(34)24-6-5-7-27(20(24)2)35-28-13-17-32-26-18-23(8-9-25(26)28)22-11-15-31-16-12-22/h4-18H,1,19H2,2-3H3,(H,33,34)/b21-10+,30-14?. The van der Waals surface area contributed by atoms with Crippen molar-refractivity contribution in [3.63, 3.8) is 0 Å². The average molecular weight is 463 g/mol. The predicted molar refractivity (Wildman–Crippen MR) is 141 cm³/mol. The van der Waals surface area contributed by atoms with E-state index in [1.54, 1.807) is 44.0 Å². The van der Waals surface area contributed by atoms with Gasteiger partial charge in [-0.1, -0.05) is 24.8 Å². The summed E-state index contributed by atoms with van der Waals surface area (Å²) in [6.07, 6.45) is 10.4. The van der Waals surface area contributed by atoms with Crippen molar-refractivity contribution < 1.29 is 9.53 Å². The fraction of sp³-hybridized carbons (Fsp3) is 0.103. The number of hydrogen-bond acceptors (Lipinski definition) is 5. The molecule has 4 rings (SSSR count). The van der Waals surface area contributed by atoms with E-state index in [2.05, 4.69) is 26.9 Å². The molecule has 0 radical (unpaired) electrons. The third-order valence-electron chi connectivity index (χ3n) is 5.62. The quantitative estimate of drug-likeness (QED) is 0.260. The molecule has 174 valence electrons. The molecule has 0 fully saturated rings. The number of aliphatic imine (C=N–C) groups is 1. The molecule has 0 aliphatic rings. The number of carbonyl (C=O) groups is 1. The summed E-state index contributed by atoms with van der Waals surface area (Å²) in [7, 11) is 1.69. The summed E-state index contributed by atoms with van der Waals surface area (Å²) in [5.74, 6) is 1.10. The van der Waals surface area contributed by atoms with E-state index >= 15 is 0 Å². The Hall–Kier alpha value is -4.58. The molecule has 2 heterocycles. The van der Waals surface area contributed by atoms with E-state index in [0.717, 1.165) is 33.2 Å². The van der Waals surface area contributed by atoms with Gasteiger partial charge in [0.05, 0.1) is 5.52 Å². The molecule has 1 amide bonds. The van der Waals surface area contributed by atoms with Crippen LogP contribution in [0, 0.1) is 6.92 Å². The second kappa shape index (κ2) is 11.0. The molecule has 6 nitrogen and oxygen atoms in total. The number of ether oxygens (including phenoxy) is 1. The Balaban J connectivity index is 1.58. The van der Waals surface area contributed by atoms with Crippen LogP contribution in [0.4, 0.5) is 0 Å². The summed E-state index contributed by atoms with van der Waals surface area (Å²) in [4.78, 5) is 25.4. The number of nitrogens with one attached hydrogen (secondary N) is 1. The molecule has 0 bridgehead atoms. The van der Waals surface area contributed by atoms with Crippen molar-refractivity contribution in [1.29, 1.82) is 0 Å². The van der Waals surface area contributed by atoms with E-state index in [0.29, 0.717) is 23.6 Å². The highest BCUT2D eigenvalue weighted by Gasteiger charge is 2.14. The largest absolute Gasteiger partial charge is 0.456 e. The number of allylic oxidation sites excluding steroid dienone is 1. The average Bonchev–Trinajstić information content (AvgIpc) is 2.90. The minimum atomic E-state index is -0.185. The molecular formula is C29H26N4O2. The molecule has 4 aromatic rings. The minimum absolute atomic E-state index is 0.185. The third kappa shape index (κ3) is 5.50. The summed E-state index contributed by atoms with van der Waals surface area (Å²) in [6.45, 7) is 6.01. The molecule has 2 aromatic carbocycles. The molecule has 0 spiro atoms. The molecule has 0 unspecified atom stereocenters. The van der Waals surface area contributed by atoms with Crippen molar-refractivity contribution in [2.45, 2.75) is 6.92 Å². The smallest absolute Gasteiger partial charge is 0.251 e. The Kier molecular flexibility index (Phi) is 7.43. The van der Waals surface area contributed by atoms with Gasteiger partial charge in [0, 0.05) is 54.9 Å². The van der Waals surface area contributed by atoms with Crippen LogP contribution in [0.5, 0.6) is 11.5 Å². The summed E-state index contributed by atoms with van der Waals surface area (Å²) < 4.78 is 6.28. The SMILES string of the molecule is C=C/C(=C\C=NC)CNC(=O)c1cccc(Oc2ccnc3cc(-c4ccncc4)ccc23)c1C. The first kappa shape index (κ1) is 23.6. The first-order valence-electron chi connectivity index (χ1n) is 11.2. The monoisotopic (exact) mass is 462 g/mol. The number of benzene rings is 2. The van der Waals surface area contributed by atoms with E-state index in [9.17, 15) is 4.79 Å². The molecule has 0 aliphatic heterocycles. The fourth-order valence-corrected chi connectivity index (χ4v) is 3.67. The summed E-state index contributed by atoms with van der Waals surface area (Å²) in [6, 6.07) is 17.3. The highest BCUT2D eigenvalue weighted by atomic mass is 16.5. The second-order valence-corrected chi connectivity index (χ2v) is 7.84. The topological polar surface area (TPSA) is 76.5 Å². The van der Waals surface area contributed by atoms with Crippen molar-refractivity contribution in [3.05, 3.63) is 109 Å². The van der Waals surface area contributed by atoms with Gasteiger partial charge in [-0.05, 0) is 72.2 Å². The Morgan fingerprint density at radius 1 is 1.06 bits per heavy atom. The molecule has 1 N–H and O–H groups in total. The number of aromatic nitrogens is 2. The van der Waals surface area contributed by atoms with Gasteiger partial charge in [-0.3, -0.25) is 19.8 Å². The van der Waals surface area contributed by atoms with E-state index in [1.807, 2.05) is 61.5 Å². The lowest BCUT2D eigenvalue weighted by Gasteiger charge is -2.14. The lowest BCUT2D eigenvalue weighted by Crippen LogP contribution is -2.26. The molecule has 0 saturated carbocycles. The number of amides is 1. The van der Waals surface area contributed by atoms with Crippen molar-refractivity contribution in [1.82, 2.24) is 15.3 Å². The summed E-state index contributed by atoms with van der Waals surface area (Å²) in [5, 5.41) is 3.82. The van der Waals surface area contributed by atoms with Gasteiger partial charge in [0.2, 0.25) is 0 Å². The van der Waals surface area contributed by atoms with Crippen LogP contribution < -0.4 is 10.1 Å². The van der Waals surface area contributed by atoms with Gasteiger partial charge in [0.1, 0.15) is 11.5 Å². The van der Waals surface area contributed by atoms with Crippen LogP contribution in [0.3, 0.4) is 0 Å². The number of carbonyl (C=O) groups excluding carboxylic acids is 1. The van der Waals surface area contributed by atoms with Gasteiger partial charge in [0.25, 0.3) is 5.91 Å². The Morgan fingerprint density at radius 2 is 1.89 bits per heavy atom. The van der Waals surface area contributed by atoms with Gasteiger partial charge < -0.3 is 10.1 Å². The number of fused-ring (bicyclic) bond motifs is 1. The van der Waals surface area contributed by atoms with E-state index in [1.165, 1.54) is 0 Å². The third-order valence-corrected chi connectivity index (χ3v) is 5.62. The van der Waals surface area contributed by atoms with E-state index < -0.39 is 0 Å². The Labute approximate surface area is 204 Å². The minimum Gasteiger partial charge on any atom is -0.456 e. The number of pyridine rings is 2. The summed E-state index contributed by atoms with van der Waals surface area (Å²) >= 11 is 0. The lowest BCUT2D eigenvalue weighted by molar-refractivity contribution is 0.0956. The van der Waals surface area contributed by atoms with Gasteiger partial charge >= 0.3 is 0 Å². The molecule has 0 aliphatic carbocycles. The zero-order chi connectivity index (χ0) is 24.6. The van der Waals surface area contributed by atoms with Crippen LogP contribution in [-0.2, 0) is 0 Å². The fourth-order valence-electron chi connectivity index (χ4n) is 3.67. The van der Waals surface area contributed by atoms with Crippen molar-refractivity contribution in [2.75, 3.05) is 13.6 Å². The Bertz CT molecular complexity index is 1430. The highest BCUT2D eigenvalue weighted by molar-refractivity contribution is 5.96. The number of hydrogen-bond donors (Lipinski definition) is 1. The van der Waals surface area contributed by atoms with Crippen molar-refractivity contribution in [2.24, 2.45) is 4.99 Å². The predicted octanol–water partition coefficient (Wildman–Crippen LogP) is 5.94.